The van der Waals surface area contributed by atoms with Gasteiger partial charge in [0, 0.05) is 19.1 Å². The van der Waals surface area contributed by atoms with Crippen molar-refractivity contribution in [3.63, 3.8) is 0 Å². The van der Waals surface area contributed by atoms with Crippen LogP contribution in [0.2, 0.25) is 0 Å². The molecule has 0 saturated carbocycles. The van der Waals surface area contributed by atoms with E-state index < -0.39 is 0 Å². The second-order valence-corrected chi connectivity index (χ2v) is 7.25. The first-order chi connectivity index (χ1) is 12.3. The van der Waals surface area contributed by atoms with Crippen molar-refractivity contribution in [2.45, 2.75) is 52.5 Å². The number of guanidine groups is 1. The molecule has 0 saturated heterocycles. The first-order valence-corrected chi connectivity index (χ1v) is 9.31. The van der Waals surface area contributed by atoms with Crippen LogP contribution in [-0.2, 0) is 11.2 Å². The van der Waals surface area contributed by atoms with Gasteiger partial charge in [-0.25, -0.2) is 0 Å². The number of benzene rings is 1. The minimum absolute atomic E-state index is 0. The third-order valence-corrected chi connectivity index (χ3v) is 3.55. The number of hydrogen-bond acceptors (Lipinski definition) is 3. The summed E-state index contributed by atoms with van der Waals surface area (Å²) >= 11 is 0. The third kappa shape index (κ3) is 12.5. The highest BCUT2D eigenvalue weighted by atomic mass is 127. The highest BCUT2D eigenvalue weighted by Gasteiger charge is 2.13. The maximum absolute atomic E-state index is 11.8. The minimum Gasteiger partial charge on any atom is -0.494 e. The summed E-state index contributed by atoms with van der Waals surface area (Å²) in [7, 11) is 1.69. The van der Waals surface area contributed by atoms with Crippen molar-refractivity contribution in [1.82, 2.24) is 16.0 Å². The summed E-state index contributed by atoms with van der Waals surface area (Å²) in [5, 5.41) is 9.15. The van der Waals surface area contributed by atoms with E-state index >= 15 is 0 Å². The molecule has 0 aromatic heterocycles. The zero-order valence-electron chi connectivity index (χ0n) is 17.2. The first kappa shape index (κ1) is 25.5. The van der Waals surface area contributed by atoms with Crippen molar-refractivity contribution in [2.24, 2.45) is 4.99 Å². The van der Waals surface area contributed by atoms with Gasteiger partial charge < -0.3 is 20.7 Å². The number of halogens is 1. The Morgan fingerprint density at radius 3 is 2.37 bits per heavy atom. The molecule has 0 fully saturated rings. The second-order valence-electron chi connectivity index (χ2n) is 7.25. The van der Waals surface area contributed by atoms with Crippen LogP contribution in [0.25, 0.3) is 0 Å². The van der Waals surface area contributed by atoms with E-state index in [0.29, 0.717) is 5.96 Å². The van der Waals surface area contributed by atoms with E-state index in [2.05, 4.69) is 40.0 Å². The van der Waals surface area contributed by atoms with Crippen LogP contribution in [0.3, 0.4) is 0 Å². The Morgan fingerprint density at radius 1 is 1.15 bits per heavy atom. The molecule has 1 amide bonds. The molecule has 27 heavy (non-hydrogen) atoms. The number of ether oxygens (including phenoxy) is 1. The fraction of sp³-hybridized carbons (Fsp3) is 0.600. The van der Waals surface area contributed by atoms with Gasteiger partial charge in [-0.05, 0) is 51.3 Å². The predicted octanol–water partition coefficient (Wildman–Crippen LogP) is 3.11. The minimum atomic E-state index is -0.234. The predicted molar refractivity (Wildman–Crippen MR) is 123 cm³/mol. The first-order valence-electron chi connectivity index (χ1n) is 9.31. The Hall–Kier alpha value is -1.51. The number of rotatable bonds is 9. The Balaban J connectivity index is 0.00000676. The molecular weight excluding hydrogens is 455 g/mol. The van der Waals surface area contributed by atoms with Crippen LogP contribution in [0.15, 0.2) is 29.3 Å². The molecule has 0 heterocycles. The number of carbonyl (C=O) groups excluding carboxylic acids is 1. The molecule has 154 valence electrons. The zero-order chi connectivity index (χ0) is 19.4. The van der Waals surface area contributed by atoms with Gasteiger partial charge in [-0.3, -0.25) is 9.79 Å². The third-order valence-electron chi connectivity index (χ3n) is 3.55. The number of nitrogens with one attached hydrogen (secondary N) is 3. The van der Waals surface area contributed by atoms with Gasteiger partial charge in [0.05, 0.1) is 13.2 Å². The maximum atomic E-state index is 11.8. The van der Waals surface area contributed by atoms with Crippen LogP contribution in [0.4, 0.5) is 0 Å². The van der Waals surface area contributed by atoms with Gasteiger partial charge in [0.15, 0.2) is 5.96 Å². The van der Waals surface area contributed by atoms with E-state index in [0.717, 1.165) is 38.2 Å². The van der Waals surface area contributed by atoms with Crippen molar-refractivity contribution in [2.75, 3.05) is 26.7 Å². The topological polar surface area (TPSA) is 74.8 Å². The normalized spacial score (nSPS) is 11.4. The Bertz CT molecular complexity index is 568. The number of carbonyl (C=O) groups is 1. The molecular formula is C20H35IN4O2. The van der Waals surface area contributed by atoms with Gasteiger partial charge in [0.1, 0.15) is 5.75 Å². The highest BCUT2D eigenvalue weighted by Crippen LogP contribution is 2.12. The molecule has 6 nitrogen and oxygen atoms in total. The van der Waals surface area contributed by atoms with Gasteiger partial charge in [-0.15, -0.1) is 24.0 Å². The van der Waals surface area contributed by atoms with Gasteiger partial charge in [0.25, 0.3) is 0 Å². The van der Waals surface area contributed by atoms with E-state index in [9.17, 15) is 4.79 Å². The number of nitrogens with zero attached hydrogens (tertiary/aromatic N) is 1. The van der Waals surface area contributed by atoms with Crippen molar-refractivity contribution < 1.29 is 9.53 Å². The number of aliphatic imine (C=N–C) groups is 1. The SMILES string of the molecule is CCCCOc1ccc(CCNC(=NC)NCC(=O)NC(C)(C)C)cc1.I. The van der Waals surface area contributed by atoms with E-state index in [1.807, 2.05) is 32.9 Å². The lowest BCUT2D eigenvalue weighted by molar-refractivity contribution is -0.121. The van der Waals surface area contributed by atoms with Crippen molar-refractivity contribution >= 4 is 35.8 Å². The zero-order valence-corrected chi connectivity index (χ0v) is 19.6. The van der Waals surface area contributed by atoms with E-state index in [1.54, 1.807) is 7.05 Å². The maximum Gasteiger partial charge on any atom is 0.239 e. The molecule has 1 aromatic rings. The summed E-state index contributed by atoms with van der Waals surface area (Å²) in [6.45, 7) is 9.72. The molecule has 0 spiro atoms. The Labute approximate surface area is 181 Å². The smallest absolute Gasteiger partial charge is 0.239 e. The molecule has 1 rings (SSSR count). The number of hydrogen-bond donors (Lipinski definition) is 3. The van der Waals surface area contributed by atoms with E-state index in [4.69, 9.17) is 4.74 Å². The van der Waals surface area contributed by atoms with Crippen LogP contribution >= 0.6 is 24.0 Å². The lowest BCUT2D eigenvalue weighted by atomic mass is 10.1. The lowest BCUT2D eigenvalue weighted by Crippen LogP contribution is -2.48. The molecule has 3 N–H and O–H groups in total. The molecule has 7 heteroatoms. The molecule has 0 unspecified atom stereocenters. The number of amides is 1. The standard InChI is InChI=1S/C20H34N4O2.HI/c1-6-7-14-26-17-10-8-16(9-11-17)12-13-22-19(21-5)23-15-18(25)24-20(2,3)4;/h8-11H,6-7,12-15H2,1-5H3,(H,24,25)(H2,21,22,23);1H. The second kappa shape index (κ2) is 13.6. The molecule has 0 aliphatic heterocycles. The average Bonchev–Trinajstić information content (AvgIpc) is 2.58. The Kier molecular flexibility index (Phi) is 12.9. The molecule has 0 radical (unpaired) electrons. The molecule has 0 aliphatic rings. The van der Waals surface area contributed by atoms with Crippen LogP contribution in [0, 0.1) is 0 Å². The van der Waals surface area contributed by atoms with Crippen LogP contribution in [0.5, 0.6) is 5.75 Å². The van der Waals surface area contributed by atoms with Crippen molar-refractivity contribution in [1.29, 1.82) is 0 Å². The van der Waals surface area contributed by atoms with Crippen molar-refractivity contribution in [3.8, 4) is 5.75 Å². The van der Waals surface area contributed by atoms with Crippen LogP contribution in [-0.4, -0.2) is 44.1 Å². The molecule has 0 bridgehead atoms. The number of unbranched alkanes of at least 4 members (excludes halogenated alkanes) is 1. The molecule has 0 atom stereocenters. The van der Waals surface area contributed by atoms with Crippen molar-refractivity contribution in [3.05, 3.63) is 29.8 Å². The van der Waals surface area contributed by atoms with E-state index in [-0.39, 0.29) is 42.0 Å². The van der Waals surface area contributed by atoms with Gasteiger partial charge in [-0.1, -0.05) is 25.5 Å². The summed E-state index contributed by atoms with van der Waals surface area (Å²) < 4.78 is 5.67. The van der Waals surface area contributed by atoms with Gasteiger partial charge >= 0.3 is 0 Å². The average molecular weight is 490 g/mol. The Morgan fingerprint density at radius 2 is 1.81 bits per heavy atom. The highest BCUT2D eigenvalue weighted by molar-refractivity contribution is 14.0. The molecule has 1 aromatic carbocycles. The summed E-state index contributed by atoms with van der Waals surface area (Å²) in [5.74, 6) is 1.48. The summed E-state index contributed by atoms with van der Waals surface area (Å²) in [4.78, 5) is 16.0. The fourth-order valence-corrected chi connectivity index (χ4v) is 2.26. The monoisotopic (exact) mass is 490 g/mol. The summed E-state index contributed by atoms with van der Waals surface area (Å²) in [5.41, 5.74) is 0.989. The molecule has 0 aliphatic carbocycles. The van der Waals surface area contributed by atoms with Crippen LogP contribution < -0.4 is 20.7 Å². The quantitative estimate of drug-likeness (QED) is 0.215. The van der Waals surface area contributed by atoms with Gasteiger partial charge in [0.2, 0.25) is 5.91 Å². The van der Waals surface area contributed by atoms with Gasteiger partial charge in [-0.2, -0.15) is 0 Å². The fourth-order valence-electron chi connectivity index (χ4n) is 2.26. The lowest BCUT2D eigenvalue weighted by Gasteiger charge is -2.21. The van der Waals surface area contributed by atoms with E-state index in [1.165, 1.54) is 5.56 Å². The summed E-state index contributed by atoms with van der Waals surface area (Å²) in [6, 6.07) is 8.18. The summed E-state index contributed by atoms with van der Waals surface area (Å²) in [6.07, 6.45) is 3.08. The van der Waals surface area contributed by atoms with Crippen LogP contribution in [0.1, 0.15) is 46.1 Å². The largest absolute Gasteiger partial charge is 0.494 e.